The molecule has 0 amide bonds. The molecule has 0 atom stereocenters. The van der Waals surface area contributed by atoms with E-state index < -0.39 is 5.67 Å². The first-order valence-corrected chi connectivity index (χ1v) is 4.86. The fraction of sp³-hybridized carbons (Fsp3) is 1.00. The average molecular weight is 173 g/mol. The molecule has 12 heavy (non-hydrogen) atoms. The van der Waals surface area contributed by atoms with Crippen LogP contribution in [0, 0.1) is 5.92 Å². The van der Waals surface area contributed by atoms with Gasteiger partial charge in [0, 0.05) is 19.1 Å². The van der Waals surface area contributed by atoms with Crippen molar-refractivity contribution < 1.29 is 4.39 Å². The van der Waals surface area contributed by atoms with E-state index in [0.717, 1.165) is 6.42 Å². The first-order valence-electron chi connectivity index (χ1n) is 4.86. The molecule has 0 unspecified atom stereocenters. The summed E-state index contributed by atoms with van der Waals surface area (Å²) in [4.78, 5) is 2.18. The summed E-state index contributed by atoms with van der Waals surface area (Å²) in [6.45, 7) is 9.69. The molecular formula is C10H20FN. The van der Waals surface area contributed by atoms with E-state index in [1.54, 1.807) is 0 Å². The quantitative estimate of drug-likeness (QED) is 0.633. The molecule has 72 valence electrons. The third kappa shape index (κ3) is 2.19. The van der Waals surface area contributed by atoms with Gasteiger partial charge in [-0.15, -0.1) is 0 Å². The minimum absolute atomic E-state index is 0.476. The van der Waals surface area contributed by atoms with E-state index in [1.165, 1.54) is 0 Å². The number of alkyl halides is 1. The zero-order valence-corrected chi connectivity index (χ0v) is 8.60. The van der Waals surface area contributed by atoms with E-state index in [4.69, 9.17) is 0 Å². The van der Waals surface area contributed by atoms with E-state index in [-0.39, 0.29) is 0 Å². The van der Waals surface area contributed by atoms with Crippen LogP contribution in [0.2, 0.25) is 0 Å². The van der Waals surface area contributed by atoms with Crippen LogP contribution in [0.1, 0.15) is 34.1 Å². The summed E-state index contributed by atoms with van der Waals surface area (Å²) in [6, 6.07) is 0.501. The Morgan fingerprint density at radius 1 is 1.25 bits per heavy atom. The molecule has 0 aromatic carbocycles. The normalized spacial score (nSPS) is 23.2. The predicted molar refractivity (Wildman–Crippen MR) is 50.0 cm³/mol. The second-order valence-corrected chi connectivity index (χ2v) is 4.75. The molecule has 1 nitrogen and oxygen atoms in total. The van der Waals surface area contributed by atoms with Crippen LogP contribution in [0.15, 0.2) is 0 Å². The molecule has 1 fully saturated rings. The molecule has 0 aromatic rings. The maximum atomic E-state index is 13.7. The van der Waals surface area contributed by atoms with E-state index >= 15 is 0 Å². The van der Waals surface area contributed by atoms with Gasteiger partial charge in [-0.25, -0.2) is 4.39 Å². The highest BCUT2D eigenvalue weighted by molar-refractivity contribution is 4.97. The third-order valence-corrected chi connectivity index (χ3v) is 2.48. The Hall–Kier alpha value is -0.110. The van der Waals surface area contributed by atoms with Crippen molar-refractivity contribution in [1.82, 2.24) is 4.90 Å². The van der Waals surface area contributed by atoms with Gasteiger partial charge in [0.15, 0.2) is 0 Å². The topological polar surface area (TPSA) is 3.24 Å². The Morgan fingerprint density at radius 2 is 1.75 bits per heavy atom. The molecule has 0 saturated carbocycles. The molecule has 1 aliphatic heterocycles. The van der Waals surface area contributed by atoms with E-state index in [2.05, 4.69) is 32.6 Å². The lowest BCUT2D eigenvalue weighted by atomic mass is 9.86. The second-order valence-electron chi connectivity index (χ2n) is 4.75. The highest BCUT2D eigenvalue weighted by Crippen LogP contribution is 2.32. The maximum Gasteiger partial charge on any atom is 0.136 e. The first-order chi connectivity index (χ1) is 5.43. The van der Waals surface area contributed by atoms with Crippen LogP contribution in [0.3, 0.4) is 0 Å². The van der Waals surface area contributed by atoms with E-state index in [1.807, 2.05) is 0 Å². The fourth-order valence-electron chi connectivity index (χ4n) is 1.91. The van der Waals surface area contributed by atoms with Crippen LogP contribution in [0.4, 0.5) is 4.39 Å². The van der Waals surface area contributed by atoms with Crippen molar-refractivity contribution in [3.05, 3.63) is 0 Å². The molecule has 0 aliphatic carbocycles. The molecule has 1 saturated heterocycles. The molecule has 0 radical (unpaired) electrons. The summed E-state index contributed by atoms with van der Waals surface area (Å²) in [6.07, 6.45) is 0.718. The van der Waals surface area contributed by atoms with Crippen molar-refractivity contribution in [1.29, 1.82) is 0 Å². The second kappa shape index (κ2) is 3.33. The van der Waals surface area contributed by atoms with Crippen molar-refractivity contribution in [2.45, 2.75) is 45.8 Å². The Balaban J connectivity index is 2.30. The number of halogens is 1. The summed E-state index contributed by atoms with van der Waals surface area (Å²) >= 11 is 0. The zero-order chi connectivity index (χ0) is 9.35. The van der Waals surface area contributed by atoms with Gasteiger partial charge in [0.1, 0.15) is 5.67 Å². The van der Waals surface area contributed by atoms with Gasteiger partial charge < -0.3 is 0 Å². The van der Waals surface area contributed by atoms with Crippen molar-refractivity contribution in [3.63, 3.8) is 0 Å². The number of nitrogens with zero attached hydrogens (tertiary/aromatic N) is 1. The fourth-order valence-corrected chi connectivity index (χ4v) is 1.91. The van der Waals surface area contributed by atoms with Gasteiger partial charge in [-0.2, -0.15) is 0 Å². The van der Waals surface area contributed by atoms with Crippen LogP contribution >= 0.6 is 0 Å². The van der Waals surface area contributed by atoms with Crippen molar-refractivity contribution in [2.24, 2.45) is 5.92 Å². The molecule has 0 aromatic heterocycles. The summed E-state index contributed by atoms with van der Waals surface area (Å²) in [7, 11) is 0. The maximum absolute atomic E-state index is 13.7. The predicted octanol–water partition coefficient (Wildman–Crippen LogP) is 2.46. The van der Waals surface area contributed by atoms with Gasteiger partial charge in [-0.3, -0.25) is 4.90 Å². The average Bonchev–Trinajstić information content (AvgIpc) is 1.80. The third-order valence-electron chi connectivity index (χ3n) is 2.48. The van der Waals surface area contributed by atoms with Crippen LogP contribution in [0.5, 0.6) is 0 Å². The first kappa shape index (κ1) is 9.97. The van der Waals surface area contributed by atoms with Crippen LogP contribution in [-0.4, -0.2) is 29.7 Å². The Morgan fingerprint density at radius 3 is 2.08 bits per heavy atom. The highest BCUT2D eigenvalue weighted by atomic mass is 19.1. The lowest BCUT2D eigenvalue weighted by molar-refractivity contribution is -0.0615. The molecule has 0 N–H and O–H groups in total. The Kier molecular flexibility index (Phi) is 2.77. The summed E-state index contributed by atoms with van der Waals surface area (Å²) in [5, 5.41) is 0. The SMILES string of the molecule is CC(C)CC1(F)CN(C(C)C)C1. The van der Waals surface area contributed by atoms with Crippen LogP contribution < -0.4 is 0 Å². The monoisotopic (exact) mass is 173 g/mol. The van der Waals surface area contributed by atoms with Crippen molar-refractivity contribution in [3.8, 4) is 0 Å². The molecule has 1 aliphatic rings. The largest absolute Gasteiger partial charge is 0.294 e. The molecule has 1 heterocycles. The molecule has 0 bridgehead atoms. The minimum atomic E-state index is -0.877. The lowest BCUT2D eigenvalue weighted by Crippen LogP contribution is -2.61. The molecule has 2 heteroatoms. The minimum Gasteiger partial charge on any atom is -0.294 e. The smallest absolute Gasteiger partial charge is 0.136 e. The zero-order valence-electron chi connectivity index (χ0n) is 8.60. The highest BCUT2D eigenvalue weighted by Gasteiger charge is 2.44. The number of hydrogen-bond acceptors (Lipinski definition) is 1. The van der Waals surface area contributed by atoms with Gasteiger partial charge >= 0.3 is 0 Å². The van der Waals surface area contributed by atoms with E-state index in [9.17, 15) is 4.39 Å². The van der Waals surface area contributed by atoms with E-state index in [0.29, 0.717) is 25.0 Å². The van der Waals surface area contributed by atoms with Crippen LogP contribution in [-0.2, 0) is 0 Å². The number of likely N-dealkylation sites (tertiary alicyclic amines) is 1. The molecular weight excluding hydrogens is 153 g/mol. The summed E-state index contributed by atoms with van der Waals surface area (Å²) in [5.74, 6) is 0.476. The molecule has 1 rings (SSSR count). The van der Waals surface area contributed by atoms with Crippen LogP contribution in [0.25, 0.3) is 0 Å². The Labute approximate surface area is 74.9 Å². The van der Waals surface area contributed by atoms with Gasteiger partial charge in [-0.1, -0.05) is 13.8 Å². The number of rotatable bonds is 3. The van der Waals surface area contributed by atoms with Gasteiger partial charge in [0.25, 0.3) is 0 Å². The number of hydrogen-bond donors (Lipinski definition) is 0. The summed E-state index contributed by atoms with van der Waals surface area (Å²) in [5.41, 5.74) is -0.877. The standard InChI is InChI=1S/C10H20FN/c1-8(2)5-10(11)6-12(7-10)9(3)4/h8-9H,5-7H2,1-4H3. The van der Waals surface area contributed by atoms with Crippen molar-refractivity contribution >= 4 is 0 Å². The van der Waals surface area contributed by atoms with Gasteiger partial charge in [0.2, 0.25) is 0 Å². The molecule has 0 spiro atoms. The lowest BCUT2D eigenvalue weighted by Gasteiger charge is -2.47. The van der Waals surface area contributed by atoms with Gasteiger partial charge in [-0.05, 0) is 26.2 Å². The Bertz CT molecular complexity index is 148. The van der Waals surface area contributed by atoms with Crippen molar-refractivity contribution in [2.75, 3.05) is 13.1 Å². The van der Waals surface area contributed by atoms with Gasteiger partial charge in [0.05, 0.1) is 0 Å². The summed E-state index contributed by atoms with van der Waals surface area (Å²) < 4.78 is 13.7.